The van der Waals surface area contributed by atoms with Crippen molar-refractivity contribution in [3.63, 3.8) is 0 Å². The highest BCUT2D eigenvalue weighted by atomic mass is 32.2. The molecule has 1 aromatic heterocycles. The van der Waals surface area contributed by atoms with Crippen molar-refractivity contribution in [2.24, 2.45) is 0 Å². The third-order valence-corrected chi connectivity index (χ3v) is 4.53. The maximum Gasteiger partial charge on any atom is 0.262 e. The first-order valence-corrected chi connectivity index (χ1v) is 8.33. The predicted octanol–water partition coefficient (Wildman–Crippen LogP) is 4.27. The Bertz CT molecular complexity index is 841. The third kappa shape index (κ3) is 2.92. The monoisotopic (exact) mass is 310 g/mol. The molecule has 0 bridgehead atoms. The lowest BCUT2D eigenvalue weighted by Crippen LogP contribution is -2.25. The van der Waals surface area contributed by atoms with Crippen LogP contribution >= 0.6 is 11.8 Å². The van der Waals surface area contributed by atoms with Gasteiger partial charge in [-0.1, -0.05) is 54.2 Å². The topological polar surface area (TPSA) is 34.9 Å². The Morgan fingerprint density at radius 3 is 2.45 bits per heavy atom. The van der Waals surface area contributed by atoms with Gasteiger partial charge in [0.25, 0.3) is 5.56 Å². The zero-order valence-corrected chi connectivity index (χ0v) is 13.5. The molecule has 4 heteroatoms. The van der Waals surface area contributed by atoms with E-state index in [0.29, 0.717) is 5.39 Å². The Morgan fingerprint density at radius 2 is 1.73 bits per heavy atom. The number of aromatic nitrogens is 2. The number of fused-ring (bicyclic) bond motifs is 1. The first-order chi connectivity index (χ1) is 10.7. The van der Waals surface area contributed by atoms with E-state index < -0.39 is 0 Å². The molecule has 0 amide bonds. The normalized spacial score (nSPS) is 11.2. The molecule has 0 N–H and O–H groups in total. The molecule has 3 rings (SSSR count). The van der Waals surface area contributed by atoms with Gasteiger partial charge in [0.05, 0.1) is 10.9 Å². The van der Waals surface area contributed by atoms with Gasteiger partial charge in [0.2, 0.25) is 0 Å². The van der Waals surface area contributed by atoms with Gasteiger partial charge in [-0.15, -0.1) is 0 Å². The highest BCUT2D eigenvalue weighted by Gasteiger charge is 2.13. The summed E-state index contributed by atoms with van der Waals surface area (Å²) < 4.78 is 1.79. The van der Waals surface area contributed by atoms with Crippen LogP contribution in [0.2, 0.25) is 0 Å². The summed E-state index contributed by atoms with van der Waals surface area (Å²) in [6, 6.07) is 17.9. The van der Waals surface area contributed by atoms with Gasteiger partial charge >= 0.3 is 0 Å². The van der Waals surface area contributed by atoms with Gasteiger partial charge in [0.15, 0.2) is 5.16 Å². The summed E-state index contributed by atoms with van der Waals surface area (Å²) in [6.07, 6.45) is 0. The fourth-order valence-corrected chi connectivity index (χ4v) is 3.49. The van der Waals surface area contributed by atoms with E-state index in [-0.39, 0.29) is 11.6 Å². The van der Waals surface area contributed by atoms with Gasteiger partial charge in [-0.25, -0.2) is 4.98 Å². The molecule has 0 unspecified atom stereocenters. The van der Waals surface area contributed by atoms with Gasteiger partial charge in [-0.3, -0.25) is 9.36 Å². The lowest BCUT2D eigenvalue weighted by molar-refractivity contribution is 0.519. The van der Waals surface area contributed by atoms with Crippen molar-refractivity contribution < 1.29 is 0 Å². The van der Waals surface area contributed by atoms with Crippen LogP contribution in [0.5, 0.6) is 0 Å². The SMILES string of the molecule is CC(C)n1c(SCc2ccccc2)nc2ccccc2c1=O. The van der Waals surface area contributed by atoms with Crippen LogP contribution < -0.4 is 5.56 Å². The fraction of sp³-hybridized carbons (Fsp3) is 0.222. The highest BCUT2D eigenvalue weighted by Crippen LogP contribution is 2.24. The van der Waals surface area contributed by atoms with Crippen molar-refractivity contribution in [3.05, 3.63) is 70.5 Å². The zero-order chi connectivity index (χ0) is 15.5. The molecule has 112 valence electrons. The Kier molecular flexibility index (Phi) is 4.29. The summed E-state index contributed by atoms with van der Waals surface area (Å²) in [5.41, 5.74) is 2.03. The second kappa shape index (κ2) is 6.36. The maximum atomic E-state index is 12.7. The van der Waals surface area contributed by atoms with Gasteiger partial charge in [-0.05, 0) is 31.5 Å². The maximum absolute atomic E-state index is 12.7. The molecule has 0 aliphatic carbocycles. The molecule has 1 heterocycles. The number of benzene rings is 2. The van der Waals surface area contributed by atoms with Crippen LogP contribution in [0.4, 0.5) is 0 Å². The van der Waals surface area contributed by atoms with Crippen LogP contribution in [0.25, 0.3) is 10.9 Å². The van der Waals surface area contributed by atoms with E-state index in [9.17, 15) is 4.79 Å². The van der Waals surface area contributed by atoms with Gasteiger partial charge < -0.3 is 0 Å². The summed E-state index contributed by atoms with van der Waals surface area (Å²) in [5, 5.41) is 1.46. The molecule has 0 atom stereocenters. The highest BCUT2D eigenvalue weighted by molar-refractivity contribution is 7.98. The van der Waals surface area contributed by atoms with Crippen molar-refractivity contribution in [2.45, 2.75) is 30.8 Å². The van der Waals surface area contributed by atoms with Crippen LogP contribution in [0.1, 0.15) is 25.5 Å². The molecular weight excluding hydrogens is 292 g/mol. The quantitative estimate of drug-likeness (QED) is 0.533. The largest absolute Gasteiger partial charge is 0.285 e. The lowest BCUT2D eigenvalue weighted by atomic mass is 10.2. The first-order valence-electron chi connectivity index (χ1n) is 7.35. The van der Waals surface area contributed by atoms with Crippen molar-refractivity contribution >= 4 is 22.7 Å². The minimum absolute atomic E-state index is 0.0381. The molecule has 0 spiro atoms. The Hall–Kier alpha value is -2.07. The van der Waals surface area contributed by atoms with Crippen molar-refractivity contribution in [1.29, 1.82) is 0 Å². The Balaban J connectivity index is 2.04. The molecule has 22 heavy (non-hydrogen) atoms. The van der Waals surface area contributed by atoms with Gasteiger partial charge in [-0.2, -0.15) is 0 Å². The summed E-state index contributed by atoms with van der Waals surface area (Å²) in [4.78, 5) is 17.4. The molecular formula is C18H18N2OS. The van der Waals surface area contributed by atoms with E-state index in [1.165, 1.54) is 5.56 Å². The molecule has 0 fully saturated rings. The molecule has 0 radical (unpaired) electrons. The molecule has 0 aliphatic heterocycles. The second-order valence-electron chi connectivity index (χ2n) is 5.45. The second-order valence-corrected chi connectivity index (χ2v) is 6.40. The predicted molar refractivity (Wildman–Crippen MR) is 92.4 cm³/mol. The van der Waals surface area contributed by atoms with Gasteiger partial charge in [0.1, 0.15) is 0 Å². The molecule has 2 aromatic carbocycles. The summed E-state index contributed by atoms with van der Waals surface area (Å²) in [5.74, 6) is 0.804. The van der Waals surface area contributed by atoms with Crippen LogP contribution in [-0.2, 0) is 5.75 Å². The summed E-state index contributed by atoms with van der Waals surface area (Å²) in [6.45, 7) is 4.04. The van der Waals surface area contributed by atoms with E-state index in [1.807, 2.05) is 56.3 Å². The zero-order valence-electron chi connectivity index (χ0n) is 12.7. The van der Waals surface area contributed by atoms with E-state index >= 15 is 0 Å². The number of thioether (sulfide) groups is 1. The minimum atomic E-state index is 0.0381. The smallest absolute Gasteiger partial charge is 0.262 e. The first kappa shape index (κ1) is 14.9. The Morgan fingerprint density at radius 1 is 1.05 bits per heavy atom. The Labute approximate surface area is 134 Å². The van der Waals surface area contributed by atoms with Crippen molar-refractivity contribution in [2.75, 3.05) is 0 Å². The van der Waals surface area contributed by atoms with Crippen LogP contribution in [0.15, 0.2) is 64.5 Å². The van der Waals surface area contributed by atoms with Crippen LogP contribution in [-0.4, -0.2) is 9.55 Å². The summed E-state index contributed by atoms with van der Waals surface area (Å²) in [7, 11) is 0. The standard InChI is InChI=1S/C18H18N2OS/c1-13(2)20-17(21)15-10-6-7-11-16(15)19-18(20)22-12-14-8-4-3-5-9-14/h3-11,13H,12H2,1-2H3. The van der Waals surface area contributed by atoms with Gasteiger partial charge in [0, 0.05) is 11.8 Å². The molecule has 3 aromatic rings. The van der Waals surface area contributed by atoms with Crippen molar-refractivity contribution in [1.82, 2.24) is 9.55 Å². The average molecular weight is 310 g/mol. The average Bonchev–Trinajstić information content (AvgIpc) is 2.53. The molecule has 0 saturated heterocycles. The van der Waals surface area contributed by atoms with E-state index in [2.05, 4.69) is 12.1 Å². The number of para-hydroxylation sites is 1. The van der Waals surface area contributed by atoms with E-state index in [4.69, 9.17) is 4.98 Å². The molecule has 0 aliphatic rings. The summed E-state index contributed by atoms with van der Waals surface area (Å²) >= 11 is 1.61. The number of rotatable bonds is 4. The molecule has 0 saturated carbocycles. The third-order valence-electron chi connectivity index (χ3n) is 3.50. The number of nitrogens with zero attached hydrogens (tertiary/aromatic N) is 2. The van der Waals surface area contributed by atoms with Crippen molar-refractivity contribution in [3.8, 4) is 0 Å². The minimum Gasteiger partial charge on any atom is -0.285 e. The molecule has 3 nitrogen and oxygen atoms in total. The van der Waals surface area contributed by atoms with Crippen LogP contribution in [0, 0.1) is 0 Å². The number of hydrogen-bond acceptors (Lipinski definition) is 3. The lowest BCUT2D eigenvalue weighted by Gasteiger charge is -2.16. The number of hydrogen-bond donors (Lipinski definition) is 0. The van der Waals surface area contributed by atoms with E-state index in [0.717, 1.165) is 16.4 Å². The van der Waals surface area contributed by atoms with E-state index in [1.54, 1.807) is 16.3 Å². The fourth-order valence-electron chi connectivity index (χ4n) is 2.40. The van der Waals surface area contributed by atoms with Crippen LogP contribution in [0.3, 0.4) is 0 Å².